The second-order valence-electron chi connectivity index (χ2n) is 9.81. The highest BCUT2D eigenvalue weighted by atomic mass is 16.6. The molecule has 31 heavy (non-hydrogen) atoms. The number of urea groups is 1. The van der Waals surface area contributed by atoms with Crippen molar-refractivity contribution in [3.05, 3.63) is 29.8 Å². The number of amides is 3. The summed E-state index contributed by atoms with van der Waals surface area (Å²) in [5.74, 6) is -0.769. The highest BCUT2D eigenvalue weighted by Crippen LogP contribution is 2.42. The number of carbonyl (C=O) groups is 3. The molecule has 2 aliphatic heterocycles. The standard InChI is InChI=1S/C23H31N3O5/c1-22(2,3)31-21(30)24-12-13-25-18(14-24)15-26(20(25)29)17-8-6-16(7-9-17)23(19(27)28)10-4-5-11-23/h6-9,18H,4-5,10-15H2,1-3H3,(H,27,28)/t18-/m0/s1. The fourth-order valence-electron chi connectivity index (χ4n) is 4.98. The van der Waals surface area contributed by atoms with Gasteiger partial charge in [-0.1, -0.05) is 25.0 Å². The van der Waals surface area contributed by atoms with Gasteiger partial charge in [0.15, 0.2) is 0 Å². The van der Waals surface area contributed by atoms with Crippen LogP contribution in [0, 0.1) is 0 Å². The van der Waals surface area contributed by atoms with Crippen LogP contribution in [0.1, 0.15) is 52.0 Å². The van der Waals surface area contributed by atoms with Crippen LogP contribution in [-0.4, -0.2) is 70.8 Å². The zero-order valence-electron chi connectivity index (χ0n) is 18.5. The molecule has 1 aliphatic carbocycles. The number of carboxylic acid groups (broad SMARTS) is 1. The summed E-state index contributed by atoms with van der Waals surface area (Å²) < 4.78 is 5.48. The summed E-state index contributed by atoms with van der Waals surface area (Å²) >= 11 is 0. The molecule has 4 rings (SSSR count). The van der Waals surface area contributed by atoms with E-state index in [2.05, 4.69) is 0 Å². The Morgan fingerprint density at radius 1 is 1.06 bits per heavy atom. The van der Waals surface area contributed by atoms with Crippen LogP contribution in [0.3, 0.4) is 0 Å². The normalized spacial score (nSPS) is 23.1. The van der Waals surface area contributed by atoms with Crippen LogP contribution in [0.5, 0.6) is 0 Å². The molecular formula is C23H31N3O5. The number of piperazine rings is 1. The Bertz CT molecular complexity index is 870. The number of rotatable bonds is 3. The van der Waals surface area contributed by atoms with Gasteiger partial charge in [0.25, 0.3) is 0 Å². The van der Waals surface area contributed by atoms with Crippen molar-refractivity contribution in [1.82, 2.24) is 9.80 Å². The molecule has 1 aromatic rings. The lowest BCUT2D eigenvalue weighted by molar-refractivity contribution is -0.143. The van der Waals surface area contributed by atoms with Gasteiger partial charge in [-0.2, -0.15) is 0 Å². The van der Waals surface area contributed by atoms with Gasteiger partial charge in [-0.15, -0.1) is 0 Å². The third-order valence-corrected chi connectivity index (χ3v) is 6.60. The second kappa shape index (κ2) is 7.73. The summed E-state index contributed by atoms with van der Waals surface area (Å²) in [5, 5.41) is 9.81. The zero-order valence-corrected chi connectivity index (χ0v) is 18.5. The van der Waals surface area contributed by atoms with E-state index in [1.165, 1.54) is 0 Å². The molecule has 8 heteroatoms. The molecule has 1 atom stereocenters. The monoisotopic (exact) mass is 429 g/mol. The first-order valence-electron chi connectivity index (χ1n) is 11.0. The second-order valence-corrected chi connectivity index (χ2v) is 9.81. The van der Waals surface area contributed by atoms with E-state index in [1.54, 1.807) is 9.80 Å². The third-order valence-electron chi connectivity index (χ3n) is 6.60. The average Bonchev–Trinajstić information content (AvgIpc) is 3.33. The van der Waals surface area contributed by atoms with Gasteiger partial charge < -0.3 is 19.6 Å². The molecule has 0 spiro atoms. The van der Waals surface area contributed by atoms with E-state index in [9.17, 15) is 19.5 Å². The molecule has 0 aromatic heterocycles. The maximum absolute atomic E-state index is 13.0. The fourth-order valence-corrected chi connectivity index (χ4v) is 4.98. The van der Waals surface area contributed by atoms with Crippen LogP contribution in [0.2, 0.25) is 0 Å². The fraction of sp³-hybridized carbons (Fsp3) is 0.609. The number of hydrogen-bond donors (Lipinski definition) is 1. The first kappa shape index (κ1) is 21.5. The highest BCUT2D eigenvalue weighted by molar-refractivity contribution is 5.95. The summed E-state index contributed by atoms with van der Waals surface area (Å²) in [6, 6.07) is 7.24. The molecule has 168 valence electrons. The molecule has 1 aromatic carbocycles. The van der Waals surface area contributed by atoms with Crippen molar-refractivity contribution in [2.24, 2.45) is 0 Å². The number of nitrogens with zero attached hydrogens (tertiary/aromatic N) is 3. The summed E-state index contributed by atoms with van der Waals surface area (Å²) in [6.45, 7) is 7.37. The Labute approximate surface area is 182 Å². The van der Waals surface area contributed by atoms with Crippen molar-refractivity contribution in [2.45, 2.75) is 63.5 Å². The predicted molar refractivity (Wildman–Crippen MR) is 115 cm³/mol. The quantitative estimate of drug-likeness (QED) is 0.795. The van der Waals surface area contributed by atoms with Gasteiger partial charge in [0.2, 0.25) is 0 Å². The van der Waals surface area contributed by atoms with Gasteiger partial charge in [-0.25, -0.2) is 9.59 Å². The van der Waals surface area contributed by atoms with Crippen molar-refractivity contribution in [3.63, 3.8) is 0 Å². The Morgan fingerprint density at radius 3 is 2.29 bits per heavy atom. The Balaban J connectivity index is 1.47. The van der Waals surface area contributed by atoms with Gasteiger partial charge in [0, 0.05) is 31.9 Å². The minimum atomic E-state index is -0.807. The van der Waals surface area contributed by atoms with Crippen LogP contribution in [0.15, 0.2) is 24.3 Å². The SMILES string of the molecule is CC(C)(C)OC(=O)N1CCN2C(=O)N(c3ccc(C4(C(=O)O)CCCC4)cc3)C[C@@H]2C1. The lowest BCUT2D eigenvalue weighted by atomic mass is 9.79. The third kappa shape index (κ3) is 3.95. The van der Waals surface area contributed by atoms with Crippen molar-refractivity contribution in [1.29, 1.82) is 0 Å². The smallest absolute Gasteiger partial charge is 0.410 e. The van der Waals surface area contributed by atoms with Gasteiger partial charge in [-0.3, -0.25) is 9.69 Å². The number of aliphatic carboxylic acids is 1. The number of carboxylic acids is 1. The van der Waals surface area contributed by atoms with Crippen molar-refractivity contribution in [2.75, 3.05) is 31.1 Å². The molecular weight excluding hydrogens is 398 g/mol. The van der Waals surface area contributed by atoms with Crippen LogP contribution in [0.4, 0.5) is 15.3 Å². The first-order valence-corrected chi connectivity index (χ1v) is 11.0. The molecule has 0 radical (unpaired) electrons. The first-order chi connectivity index (χ1) is 14.6. The zero-order chi connectivity index (χ0) is 22.4. The van der Waals surface area contributed by atoms with Crippen LogP contribution >= 0.6 is 0 Å². The van der Waals surface area contributed by atoms with E-state index in [-0.39, 0.29) is 18.2 Å². The summed E-state index contributed by atoms with van der Waals surface area (Å²) in [5.41, 5.74) is 0.200. The van der Waals surface area contributed by atoms with E-state index in [4.69, 9.17) is 4.74 Å². The van der Waals surface area contributed by atoms with Crippen LogP contribution in [-0.2, 0) is 14.9 Å². The molecule has 3 fully saturated rings. The number of fused-ring (bicyclic) bond motifs is 1. The minimum Gasteiger partial charge on any atom is -0.481 e. The maximum atomic E-state index is 13.0. The highest BCUT2D eigenvalue weighted by Gasteiger charge is 2.44. The lowest BCUT2D eigenvalue weighted by Crippen LogP contribution is -2.54. The van der Waals surface area contributed by atoms with E-state index < -0.39 is 17.0 Å². The molecule has 1 N–H and O–H groups in total. The number of hydrogen-bond acceptors (Lipinski definition) is 4. The number of benzene rings is 1. The van der Waals surface area contributed by atoms with Gasteiger partial charge in [0.05, 0.1) is 11.5 Å². The molecule has 1 saturated carbocycles. The number of ether oxygens (including phenoxy) is 1. The number of carbonyl (C=O) groups excluding carboxylic acids is 2. The Morgan fingerprint density at radius 2 is 1.71 bits per heavy atom. The van der Waals surface area contributed by atoms with E-state index in [0.717, 1.165) is 24.1 Å². The van der Waals surface area contributed by atoms with Gasteiger partial charge in [-0.05, 0) is 51.3 Å². The molecule has 3 amide bonds. The topological polar surface area (TPSA) is 90.4 Å². The minimum absolute atomic E-state index is 0.0737. The summed E-state index contributed by atoms with van der Waals surface area (Å²) in [7, 11) is 0. The van der Waals surface area contributed by atoms with E-state index >= 15 is 0 Å². The lowest BCUT2D eigenvalue weighted by Gasteiger charge is -2.36. The average molecular weight is 430 g/mol. The molecule has 3 aliphatic rings. The molecule has 0 bridgehead atoms. The Kier molecular flexibility index (Phi) is 5.35. The summed E-state index contributed by atoms with van der Waals surface area (Å²) in [6.07, 6.45) is 2.80. The van der Waals surface area contributed by atoms with Crippen LogP contribution < -0.4 is 4.90 Å². The van der Waals surface area contributed by atoms with Crippen molar-refractivity contribution >= 4 is 23.8 Å². The number of anilines is 1. The molecule has 2 heterocycles. The molecule has 2 saturated heterocycles. The maximum Gasteiger partial charge on any atom is 0.410 e. The van der Waals surface area contributed by atoms with E-state index in [0.29, 0.717) is 39.0 Å². The largest absolute Gasteiger partial charge is 0.481 e. The van der Waals surface area contributed by atoms with Crippen molar-refractivity contribution < 1.29 is 24.2 Å². The predicted octanol–water partition coefficient (Wildman–Crippen LogP) is 3.44. The van der Waals surface area contributed by atoms with E-state index in [1.807, 2.05) is 49.9 Å². The Hall–Kier alpha value is -2.77. The molecule has 0 unspecified atom stereocenters. The van der Waals surface area contributed by atoms with Gasteiger partial charge in [0.1, 0.15) is 5.60 Å². The van der Waals surface area contributed by atoms with Crippen molar-refractivity contribution in [3.8, 4) is 0 Å². The summed E-state index contributed by atoms with van der Waals surface area (Å²) in [4.78, 5) is 42.5. The van der Waals surface area contributed by atoms with Crippen LogP contribution in [0.25, 0.3) is 0 Å². The molecule has 8 nitrogen and oxygen atoms in total. The van der Waals surface area contributed by atoms with Gasteiger partial charge >= 0.3 is 18.1 Å².